The van der Waals surface area contributed by atoms with Crippen molar-refractivity contribution in [1.29, 1.82) is 0 Å². The predicted molar refractivity (Wildman–Crippen MR) is 115 cm³/mol. The van der Waals surface area contributed by atoms with Crippen molar-refractivity contribution in [3.05, 3.63) is 71.0 Å². The lowest BCUT2D eigenvalue weighted by Gasteiger charge is -2.35. The van der Waals surface area contributed by atoms with Gasteiger partial charge in [-0.05, 0) is 62.1 Å². The summed E-state index contributed by atoms with van der Waals surface area (Å²) in [7, 11) is 2.08. The molecule has 1 saturated carbocycles. The Labute approximate surface area is 174 Å². The first-order chi connectivity index (χ1) is 14.0. The third kappa shape index (κ3) is 4.35. The Morgan fingerprint density at radius 1 is 1.10 bits per heavy atom. The minimum Gasteiger partial charge on any atom is -0.357 e. The van der Waals surface area contributed by atoms with E-state index in [-0.39, 0.29) is 17.0 Å². The van der Waals surface area contributed by atoms with Crippen LogP contribution in [0, 0.1) is 5.82 Å². The van der Waals surface area contributed by atoms with E-state index in [1.807, 2.05) is 18.2 Å². The van der Waals surface area contributed by atoms with Crippen LogP contribution in [0.4, 0.5) is 10.2 Å². The maximum absolute atomic E-state index is 13.3. The van der Waals surface area contributed by atoms with Crippen LogP contribution >= 0.6 is 11.6 Å². The topological polar surface area (TPSA) is 45.2 Å². The number of aromatic nitrogens is 1. The smallest absolute Gasteiger partial charge is 0.251 e. The Morgan fingerprint density at radius 2 is 1.86 bits per heavy atom. The van der Waals surface area contributed by atoms with E-state index in [0.29, 0.717) is 11.6 Å². The van der Waals surface area contributed by atoms with Gasteiger partial charge in [-0.2, -0.15) is 0 Å². The molecule has 1 amide bonds. The number of halogens is 2. The van der Waals surface area contributed by atoms with E-state index in [4.69, 9.17) is 16.6 Å². The molecule has 4 nitrogen and oxygen atoms in total. The number of carbonyl (C=O) groups is 1. The number of amides is 1. The lowest BCUT2D eigenvalue weighted by Crippen LogP contribution is -2.43. The largest absolute Gasteiger partial charge is 0.357 e. The maximum atomic E-state index is 13.3. The van der Waals surface area contributed by atoms with Crippen molar-refractivity contribution >= 4 is 34.2 Å². The molecule has 1 aliphatic rings. The molecule has 1 N–H and O–H groups in total. The van der Waals surface area contributed by atoms with Crippen molar-refractivity contribution in [3.8, 4) is 0 Å². The van der Waals surface area contributed by atoms with Crippen LogP contribution in [0.25, 0.3) is 10.9 Å². The highest BCUT2D eigenvalue weighted by molar-refractivity contribution is 6.31. The van der Waals surface area contributed by atoms with Gasteiger partial charge in [0.25, 0.3) is 5.91 Å². The number of carbonyl (C=O) groups excluding carboxylic acids is 1. The predicted octanol–water partition coefficient (Wildman–Crippen LogP) is 5.20. The molecule has 1 aliphatic carbocycles. The Bertz CT molecular complexity index is 1030. The van der Waals surface area contributed by atoms with E-state index in [0.717, 1.165) is 42.4 Å². The van der Waals surface area contributed by atoms with Crippen molar-refractivity contribution in [1.82, 2.24) is 10.3 Å². The summed E-state index contributed by atoms with van der Waals surface area (Å²) in [6.45, 7) is 0. The average Bonchev–Trinajstić information content (AvgIpc) is 2.75. The van der Waals surface area contributed by atoms with Crippen LogP contribution in [0.3, 0.4) is 0 Å². The zero-order valence-electron chi connectivity index (χ0n) is 16.2. The molecule has 1 fully saturated rings. The number of hydrogen-bond acceptors (Lipinski definition) is 3. The van der Waals surface area contributed by atoms with Crippen molar-refractivity contribution in [2.24, 2.45) is 0 Å². The highest BCUT2D eigenvalue weighted by Gasteiger charge is 2.26. The van der Waals surface area contributed by atoms with Gasteiger partial charge in [0.2, 0.25) is 0 Å². The molecule has 4 rings (SSSR count). The molecule has 0 bridgehead atoms. The van der Waals surface area contributed by atoms with E-state index in [2.05, 4.69) is 35.5 Å². The van der Waals surface area contributed by atoms with Crippen LogP contribution in [0.2, 0.25) is 5.02 Å². The Morgan fingerprint density at radius 3 is 2.62 bits per heavy atom. The molecule has 29 heavy (non-hydrogen) atoms. The Kier molecular flexibility index (Phi) is 5.67. The minimum atomic E-state index is -0.519. The van der Waals surface area contributed by atoms with Crippen LogP contribution in [0.5, 0.6) is 0 Å². The number of rotatable bonds is 4. The number of nitrogens with zero attached hydrogens (tertiary/aromatic N) is 2. The number of para-hydroxylation sites is 1. The van der Waals surface area contributed by atoms with Gasteiger partial charge >= 0.3 is 0 Å². The van der Waals surface area contributed by atoms with E-state index in [1.54, 1.807) is 0 Å². The fourth-order valence-corrected chi connectivity index (χ4v) is 4.13. The number of pyridine rings is 1. The van der Waals surface area contributed by atoms with Crippen molar-refractivity contribution < 1.29 is 9.18 Å². The molecule has 1 aromatic heterocycles. The van der Waals surface area contributed by atoms with Crippen LogP contribution in [-0.2, 0) is 0 Å². The number of nitrogens with one attached hydrogen (secondary N) is 1. The molecule has 3 aromatic rings. The van der Waals surface area contributed by atoms with Gasteiger partial charge in [-0.3, -0.25) is 4.79 Å². The molecule has 1 heterocycles. The molecule has 2 aromatic carbocycles. The molecule has 0 atom stereocenters. The van der Waals surface area contributed by atoms with E-state index >= 15 is 0 Å². The molecule has 0 unspecified atom stereocenters. The summed E-state index contributed by atoms with van der Waals surface area (Å²) in [5, 5.41) is 4.15. The van der Waals surface area contributed by atoms with Gasteiger partial charge in [0.15, 0.2) is 0 Å². The summed E-state index contributed by atoms with van der Waals surface area (Å²) in [6.07, 6.45) is 3.73. The fourth-order valence-electron chi connectivity index (χ4n) is 3.95. The molecule has 0 aliphatic heterocycles. The fraction of sp³-hybridized carbons (Fsp3) is 0.304. The number of benzene rings is 2. The summed E-state index contributed by atoms with van der Waals surface area (Å²) in [5.74, 6) is 0.242. The standard InChI is InChI=1S/C23H23ClFN3O/c1-28(22-13-7-15-4-2-3-5-21(15)27-22)18-10-8-17(9-11-18)26-23(29)16-6-12-20(25)19(24)14-16/h2-7,12-14,17-18H,8-11H2,1H3,(H,26,29). The first-order valence-corrected chi connectivity index (χ1v) is 10.2. The number of hydrogen-bond donors (Lipinski definition) is 1. The van der Waals surface area contributed by atoms with Gasteiger partial charge in [0.1, 0.15) is 11.6 Å². The second kappa shape index (κ2) is 8.37. The molecule has 0 spiro atoms. The van der Waals surface area contributed by atoms with Gasteiger partial charge in [0.05, 0.1) is 10.5 Å². The van der Waals surface area contributed by atoms with E-state index in [9.17, 15) is 9.18 Å². The zero-order chi connectivity index (χ0) is 20.4. The quantitative estimate of drug-likeness (QED) is 0.641. The SMILES string of the molecule is CN(c1ccc2ccccc2n1)C1CCC(NC(=O)c2ccc(F)c(Cl)c2)CC1. The monoisotopic (exact) mass is 411 g/mol. The van der Waals surface area contributed by atoms with Gasteiger partial charge in [-0.1, -0.05) is 29.8 Å². The minimum absolute atomic E-state index is 0.0362. The van der Waals surface area contributed by atoms with Gasteiger partial charge in [0, 0.05) is 30.1 Å². The van der Waals surface area contributed by atoms with Crippen LogP contribution in [-0.4, -0.2) is 30.0 Å². The first kappa shape index (κ1) is 19.6. The van der Waals surface area contributed by atoms with E-state index in [1.165, 1.54) is 18.2 Å². The lowest BCUT2D eigenvalue weighted by molar-refractivity contribution is 0.0925. The molecule has 0 radical (unpaired) electrons. The summed E-state index contributed by atoms with van der Waals surface area (Å²) in [6, 6.07) is 16.8. The summed E-state index contributed by atoms with van der Waals surface area (Å²) < 4.78 is 13.3. The van der Waals surface area contributed by atoms with Gasteiger partial charge in [-0.25, -0.2) is 9.37 Å². The van der Waals surface area contributed by atoms with Gasteiger partial charge in [-0.15, -0.1) is 0 Å². The van der Waals surface area contributed by atoms with Gasteiger partial charge < -0.3 is 10.2 Å². The molecular formula is C23H23ClFN3O. The highest BCUT2D eigenvalue weighted by Crippen LogP contribution is 2.27. The molecule has 0 saturated heterocycles. The Balaban J connectivity index is 1.35. The summed E-state index contributed by atoms with van der Waals surface area (Å²) in [5.41, 5.74) is 1.38. The molecule has 6 heteroatoms. The molecular weight excluding hydrogens is 389 g/mol. The normalized spacial score (nSPS) is 19.1. The summed E-state index contributed by atoms with van der Waals surface area (Å²) in [4.78, 5) is 19.5. The lowest BCUT2D eigenvalue weighted by atomic mass is 9.90. The second-order valence-corrected chi connectivity index (χ2v) is 7.99. The maximum Gasteiger partial charge on any atom is 0.251 e. The van der Waals surface area contributed by atoms with Crippen LogP contribution in [0.15, 0.2) is 54.6 Å². The highest BCUT2D eigenvalue weighted by atomic mass is 35.5. The Hall–Kier alpha value is -2.66. The number of fused-ring (bicyclic) bond motifs is 1. The van der Waals surface area contributed by atoms with Crippen LogP contribution < -0.4 is 10.2 Å². The van der Waals surface area contributed by atoms with Crippen LogP contribution in [0.1, 0.15) is 36.0 Å². The zero-order valence-corrected chi connectivity index (χ0v) is 17.0. The number of anilines is 1. The third-order valence-electron chi connectivity index (χ3n) is 5.71. The van der Waals surface area contributed by atoms with Crippen molar-refractivity contribution in [2.45, 2.75) is 37.8 Å². The molecule has 150 valence electrons. The first-order valence-electron chi connectivity index (χ1n) is 9.86. The second-order valence-electron chi connectivity index (χ2n) is 7.58. The third-order valence-corrected chi connectivity index (χ3v) is 6.00. The average molecular weight is 412 g/mol. The van der Waals surface area contributed by atoms with Crippen molar-refractivity contribution in [2.75, 3.05) is 11.9 Å². The van der Waals surface area contributed by atoms with Crippen molar-refractivity contribution in [3.63, 3.8) is 0 Å². The summed E-state index contributed by atoms with van der Waals surface area (Å²) >= 11 is 5.78. The van der Waals surface area contributed by atoms with E-state index < -0.39 is 5.82 Å².